The summed E-state index contributed by atoms with van der Waals surface area (Å²) in [5, 5.41) is 10.3. The minimum atomic E-state index is -0.701. The molecule has 0 amide bonds. The van der Waals surface area contributed by atoms with Crippen molar-refractivity contribution in [3.63, 3.8) is 0 Å². The Labute approximate surface area is 193 Å². The SMILES string of the molecule is O[C@@H]1CO[C@H]2C1OC[C@H]2Oc1[nH]c2cc(Cl)c(-c3ccc(-c4ccccc4)cc3)nc2c1F. The lowest BCUT2D eigenvalue weighted by atomic mass is 10.0. The Balaban J connectivity index is 1.30. The van der Waals surface area contributed by atoms with E-state index in [1.54, 1.807) is 6.07 Å². The number of rotatable bonds is 4. The van der Waals surface area contributed by atoms with Crippen LogP contribution < -0.4 is 4.74 Å². The zero-order chi connectivity index (χ0) is 22.5. The second kappa shape index (κ2) is 8.11. The molecule has 4 atom stereocenters. The smallest absolute Gasteiger partial charge is 0.231 e. The average Bonchev–Trinajstić information content (AvgIpc) is 3.50. The molecule has 33 heavy (non-hydrogen) atoms. The maximum absolute atomic E-state index is 15.2. The number of aromatic amines is 1. The van der Waals surface area contributed by atoms with Crippen LogP contribution in [0.3, 0.4) is 0 Å². The molecule has 2 aliphatic heterocycles. The summed E-state index contributed by atoms with van der Waals surface area (Å²) in [4.78, 5) is 7.41. The Hall–Kier alpha value is -2.97. The van der Waals surface area contributed by atoms with Crippen LogP contribution in [0.2, 0.25) is 5.02 Å². The van der Waals surface area contributed by atoms with Crippen molar-refractivity contribution in [2.75, 3.05) is 13.2 Å². The number of halogens is 2. The molecule has 2 N–H and O–H groups in total. The van der Waals surface area contributed by atoms with Crippen molar-refractivity contribution in [1.29, 1.82) is 0 Å². The van der Waals surface area contributed by atoms with Gasteiger partial charge in [0.2, 0.25) is 11.7 Å². The van der Waals surface area contributed by atoms with Gasteiger partial charge in [-0.05, 0) is 17.2 Å². The van der Waals surface area contributed by atoms with Crippen molar-refractivity contribution in [1.82, 2.24) is 9.97 Å². The summed E-state index contributed by atoms with van der Waals surface area (Å²) in [5.41, 5.74) is 4.01. The summed E-state index contributed by atoms with van der Waals surface area (Å²) in [6, 6.07) is 19.5. The number of hydrogen-bond donors (Lipinski definition) is 2. The summed E-state index contributed by atoms with van der Waals surface area (Å²) in [7, 11) is 0. The predicted molar refractivity (Wildman–Crippen MR) is 122 cm³/mol. The Morgan fingerprint density at radius 1 is 0.970 bits per heavy atom. The maximum atomic E-state index is 15.2. The lowest BCUT2D eigenvalue weighted by Gasteiger charge is -2.16. The molecule has 6 nitrogen and oxygen atoms in total. The van der Waals surface area contributed by atoms with E-state index in [1.807, 2.05) is 54.6 Å². The van der Waals surface area contributed by atoms with Crippen LogP contribution in [0, 0.1) is 5.82 Å². The highest BCUT2D eigenvalue weighted by molar-refractivity contribution is 6.33. The van der Waals surface area contributed by atoms with E-state index in [9.17, 15) is 5.11 Å². The van der Waals surface area contributed by atoms with E-state index in [0.29, 0.717) is 16.2 Å². The number of pyridine rings is 1. The Morgan fingerprint density at radius 3 is 2.45 bits per heavy atom. The molecule has 0 aliphatic carbocycles. The highest BCUT2D eigenvalue weighted by Crippen LogP contribution is 2.36. The van der Waals surface area contributed by atoms with Crippen LogP contribution in [0.1, 0.15) is 0 Å². The number of hydrogen-bond acceptors (Lipinski definition) is 5. The van der Waals surface area contributed by atoms with Gasteiger partial charge < -0.3 is 24.3 Å². The molecule has 2 fully saturated rings. The van der Waals surface area contributed by atoms with Crippen LogP contribution >= 0.6 is 11.6 Å². The van der Waals surface area contributed by atoms with Gasteiger partial charge in [0.05, 0.1) is 29.4 Å². The minimum absolute atomic E-state index is 0.0515. The molecule has 2 saturated heterocycles. The van der Waals surface area contributed by atoms with Crippen LogP contribution in [-0.2, 0) is 9.47 Å². The first-order chi connectivity index (χ1) is 16.1. The fourth-order valence-electron chi connectivity index (χ4n) is 4.47. The molecule has 2 aromatic heterocycles. The molecule has 0 saturated carbocycles. The number of ether oxygens (including phenoxy) is 3. The third-order valence-corrected chi connectivity index (χ3v) is 6.44. The lowest BCUT2D eigenvalue weighted by Crippen LogP contribution is -2.34. The highest BCUT2D eigenvalue weighted by atomic mass is 35.5. The second-order valence-electron chi connectivity index (χ2n) is 8.25. The Kier molecular flexibility index (Phi) is 5.07. The number of nitrogens with zero attached hydrogens (tertiary/aromatic N) is 1. The number of H-pyrrole nitrogens is 1. The summed E-state index contributed by atoms with van der Waals surface area (Å²) < 4.78 is 32.2. The fourth-order valence-corrected chi connectivity index (χ4v) is 4.73. The van der Waals surface area contributed by atoms with Crippen LogP contribution in [-0.4, -0.2) is 52.7 Å². The van der Waals surface area contributed by atoms with Crippen molar-refractivity contribution in [2.45, 2.75) is 24.4 Å². The van der Waals surface area contributed by atoms with E-state index in [1.165, 1.54) is 0 Å². The first-order valence-electron chi connectivity index (χ1n) is 10.7. The zero-order valence-corrected chi connectivity index (χ0v) is 18.1. The third-order valence-electron chi connectivity index (χ3n) is 6.15. The molecule has 4 heterocycles. The molecular weight excluding hydrogens is 447 g/mol. The molecule has 1 unspecified atom stereocenters. The quantitative estimate of drug-likeness (QED) is 0.460. The lowest BCUT2D eigenvalue weighted by molar-refractivity contribution is 0.00723. The van der Waals surface area contributed by atoms with Crippen LogP contribution in [0.4, 0.5) is 4.39 Å². The molecule has 0 radical (unpaired) electrons. The first kappa shape index (κ1) is 20.6. The summed E-state index contributed by atoms with van der Waals surface area (Å²) in [6.45, 7) is 0.377. The van der Waals surface area contributed by atoms with Crippen LogP contribution in [0.15, 0.2) is 60.7 Å². The first-order valence-corrected chi connectivity index (χ1v) is 11.1. The van der Waals surface area contributed by atoms with E-state index in [0.717, 1.165) is 16.7 Å². The van der Waals surface area contributed by atoms with E-state index in [4.69, 9.17) is 25.8 Å². The van der Waals surface area contributed by atoms with Gasteiger partial charge in [0, 0.05) is 5.56 Å². The molecule has 168 valence electrons. The van der Waals surface area contributed by atoms with Crippen molar-refractivity contribution in [2.24, 2.45) is 0 Å². The zero-order valence-electron chi connectivity index (χ0n) is 17.4. The van der Waals surface area contributed by atoms with Gasteiger partial charge in [0.25, 0.3) is 0 Å². The number of aliphatic hydroxyl groups excluding tert-OH is 1. The van der Waals surface area contributed by atoms with E-state index in [2.05, 4.69) is 9.97 Å². The van der Waals surface area contributed by atoms with Crippen molar-refractivity contribution >= 4 is 22.6 Å². The largest absolute Gasteiger partial charge is 0.468 e. The Bertz CT molecular complexity index is 1310. The molecule has 6 rings (SSSR count). The van der Waals surface area contributed by atoms with Crippen molar-refractivity contribution in [3.8, 4) is 28.3 Å². The summed E-state index contributed by atoms with van der Waals surface area (Å²) in [5.74, 6) is -0.657. The number of aliphatic hydroxyl groups is 1. The molecule has 8 heteroatoms. The standard InChI is InChI=1S/C25H20ClFN2O4/c26-16-10-17-22(20(27)25(28-17)33-19-12-32-23-18(30)11-31-24(19)23)29-21(16)15-8-6-14(7-9-15)13-4-2-1-3-5-13/h1-10,18-19,23-24,28,30H,11-12H2/t18-,19-,23?,24-/m1/s1. The number of nitrogens with one attached hydrogen (secondary N) is 1. The van der Waals surface area contributed by atoms with Crippen molar-refractivity contribution in [3.05, 3.63) is 71.5 Å². The van der Waals surface area contributed by atoms with Gasteiger partial charge in [-0.25, -0.2) is 4.98 Å². The van der Waals surface area contributed by atoms with Crippen LogP contribution in [0.25, 0.3) is 33.4 Å². The number of benzene rings is 2. The predicted octanol–water partition coefficient (Wildman–Crippen LogP) is 4.60. The van der Waals surface area contributed by atoms with E-state index < -0.39 is 30.2 Å². The molecule has 2 aromatic carbocycles. The van der Waals surface area contributed by atoms with Gasteiger partial charge in [-0.2, -0.15) is 4.39 Å². The summed E-state index contributed by atoms with van der Waals surface area (Å²) >= 11 is 6.50. The molecule has 0 bridgehead atoms. The molecule has 2 aliphatic rings. The van der Waals surface area contributed by atoms with Gasteiger partial charge in [-0.15, -0.1) is 0 Å². The van der Waals surface area contributed by atoms with Gasteiger partial charge in [-0.1, -0.05) is 66.2 Å². The van der Waals surface area contributed by atoms with Gasteiger partial charge in [-0.3, -0.25) is 0 Å². The maximum Gasteiger partial charge on any atom is 0.231 e. The van der Waals surface area contributed by atoms with Gasteiger partial charge >= 0.3 is 0 Å². The minimum Gasteiger partial charge on any atom is -0.468 e. The normalized spacial score (nSPS) is 24.3. The summed E-state index contributed by atoms with van der Waals surface area (Å²) in [6.07, 6.45) is -2.14. The average molecular weight is 467 g/mol. The van der Waals surface area contributed by atoms with E-state index in [-0.39, 0.29) is 24.6 Å². The molecular formula is C25H20ClFN2O4. The third kappa shape index (κ3) is 3.57. The molecule has 4 aromatic rings. The fraction of sp³-hybridized carbons (Fsp3) is 0.240. The van der Waals surface area contributed by atoms with E-state index >= 15 is 4.39 Å². The topological polar surface area (TPSA) is 76.6 Å². The van der Waals surface area contributed by atoms with Gasteiger partial charge in [0.15, 0.2) is 6.10 Å². The molecule has 0 spiro atoms. The van der Waals surface area contributed by atoms with Gasteiger partial charge in [0.1, 0.15) is 23.8 Å². The highest BCUT2D eigenvalue weighted by Gasteiger charge is 2.48. The van der Waals surface area contributed by atoms with Crippen LogP contribution in [0.5, 0.6) is 5.88 Å². The number of fused-ring (bicyclic) bond motifs is 2. The monoisotopic (exact) mass is 466 g/mol. The Morgan fingerprint density at radius 2 is 1.67 bits per heavy atom. The number of aromatic nitrogens is 2. The van der Waals surface area contributed by atoms with Crippen molar-refractivity contribution < 1.29 is 23.7 Å². The second-order valence-corrected chi connectivity index (χ2v) is 8.65.